The van der Waals surface area contributed by atoms with Gasteiger partial charge in [0.25, 0.3) is 0 Å². The number of allylic oxidation sites excluding steroid dienone is 3. The minimum atomic E-state index is -4.49. The third-order valence-corrected chi connectivity index (χ3v) is 2.76. The summed E-state index contributed by atoms with van der Waals surface area (Å²) in [6.45, 7) is 4.78. The highest BCUT2D eigenvalue weighted by molar-refractivity contribution is 7.46. The second kappa shape index (κ2) is 7.48. The molecule has 6 nitrogen and oxygen atoms in total. The third-order valence-electron chi connectivity index (χ3n) is 2.23. The van der Waals surface area contributed by atoms with Gasteiger partial charge in [0.1, 0.15) is 11.5 Å². The fraction of sp³-hybridized carbons (Fsp3) is 0.545. The lowest BCUT2D eigenvalue weighted by atomic mass is 10.0. The molecule has 0 spiro atoms. The van der Waals surface area contributed by atoms with Crippen LogP contribution in [0.25, 0.3) is 0 Å². The van der Waals surface area contributed by atoms with Crippen molar-refractivity contribution in [3.05, 3.63) is 23.5 Å². The van der Waals surface area contributed by atoms with Crippen LogP contribution in [0.5, 0.6) is 0 Å². The number of ketones is 1. The number of nitrogens with one attached hydrogen (secondary N) is 1. The van der Waals surface area contributed by atoms with E-state index in [1.807, 2.05) is 6.92 Å². The van der Waals surface area contributed by atoms with Crippen molar-refractivity contribution >= 4 is 13.6 Å². The van der Waals surface area contributed by atoms with E-state index in [0.717, 1.165) is 5.57 Å². The standard InChI is InChI=1S/C11H20NO5P/c1-8(7-11(12-4)10(3)13)5-6-9(2)17-18(14,15)16/h5-6,11-12H,7H2,1-4H3,(H2,14,15,16)/b8-5+,9-6+/t11-/m0/s1. The molecule has 7 heteroatoms. The van der Waals surface area contributed by atoms with E-state index in [9.17, 15) is 9.36 Å². The van der Waals surface area contributed by atoms with Crippen LogP contribution in [0.15, 0.2) is 23.5 Å². The van der Waals surface area contributed by atoms with Gasteiger partial charge in [0.15, 0.2) is 0 Å². The average Bonchev–Trinajstić information content (AvgIpc) is 2.20. The molecule has 0 aliphatic heterocycles. The topological polar surface area (TPSA) is 95.9 Å². The van der Waals surface area contributed by atoms with Gasteiger partial charge in [-0.25, -0.2) is 4.57 Å². The Morgan fingerprint density at radius 2 is 1.89 bits per heavy atom. The van der Waals surface area contributed by atoms with Crippen LogP contribution in [0.1, 0.15) is 27.2 Å². The quantitative estimate of drug-likeness (QED) is 0.371. The number of phosphoric acid groups is 1. The highest BCUT2D eigenvalue weighted by Gasteiger charge is 2.15. The molecule has 0 fully saturated rings. The van der Waals surface area contributed by atoms with Crippen molar-refractivity contribution in [2.75, 3.05) is 7.05 Å². The Hall–Kier alpha value is -0.940. The van der Waals surface area contributed by atoms with Crippen LogP contribution in [-0.2, 0) is 13.9 Å². The van der Waals surface area contributed by atoms with Crippen molar-refractivity contribution in [2.24, 2.45) is 0 Å². The summed E-state index contributed by atoms with van der Waals surface area (Å²) in [4.78, 5) is 28.4. The Labute approximate surface area is 107 Å². The molecule has 1 atom stereocenters. The SMILES string of the molecule is CN[C@@H](C/C(C)=C/C=C(\C)OP(=O)(O)O)C(C)=O. The molecule has 0 saturated carbocycles. The number of Topliss-reactive ketones (excluding diaryl/α,β-unsaturated/α-hetero) is 1. The fourth-order valence-corrected chi connectivity index (χ4v) is 1.75. The lowest BCUT2D eigenvalue weighted by Crippen LogP contribution is -2.32. The monoisotopic (exact) mass is 277 g/mol. The number of carbonyl (C=O) groups is 1. The Morgan fingerprint density at radius 1 is 1.33 bits per heavy atom. The van der Waals surface area contributed by atoms with Gasteiger partial charge in [-0.1, -0.05) is 11.6 Å². The van der Waals surface area contributed by atoms with Gasteiger partial charge in [-0.15, -0.1) is 0 Å². The Bertz CT molecular complexity index is 396. The normalized spacial score (nSPS) is 15.4. The van der Waals surface area contributed by atoms with Crippen LogP contribution in [-0.4, -0.2) is 28.7 Å². The highest BCUT2D eigenvalue weighted by Crippen LogP contribution is 2.38. The zero-order chi connectivity index (χ0) is 14.3. The molecule has 0 aromatic carbocycles. The van der Waals surface area contributed by atoms with E-state index in [1.54, 1.807) is 13.1 Å². The number of rotatable bonds is 7. The van der Waals surface area contributed by atoms with Gasteiger partial charge in [-0.3, -0.25) is 14.6 Å². The van der Waals surface area contributed by atoms with E-state index in [0.29, 0.717) is 6.42 Å². The zero-order valence-corrected chi connectivity index (χ0v) is 11.9. The molecule has 0 amide bonds. The molecule has 18 heavy (non-hydrogen) atoms. The second-order valence-corrected chi connectivity index (χ2v) is 5.19. The Morgan fingerprint density at radius 3 is 2.28 bits per heavy atom. The summed E-state index contributed by atoms with van der Waals surface area (Å²) < 4.78 is 14.9. The first kappa shape index (κ1) is 17.1. The molecule has 0 unspecified atom stereocenters. The molecule has 0 aliphatic carbocycles. The van der Waals surface area contributed by atoms with Crippen molar-refractivity contribution in [3.8, 4) is 0 Å². The fourth-order valence-electron chi connectivity index (χ4n) is 1.32. The first-order chi connectivity index (χ1) is 8.15. The maximum absolute atomic E-state index is 11.2. The van der Waals surface area contributed by atoms with Crippen molar-refractivity contribution in [2.45, 2.75) is 33.2 Å². The van der Waals surface area contributed by atoms with E-state index in [-0.39, 0.29) is 17.6 Å². The largest absolute Gasteiger partial charge is 0.524 e. The van der Waals surface area contributed by atoms with Gasteiger partial charge >= 0.3 is 7.82 Å². The van der Waals surface area contributed by atoms with Crippen LogP contribution < -0.4 is 5.32 Å². The predicted octanol–water partition coefficient (Wildman–Crippen LogP) is 1.51. The minimum Gasteiger partial charge on any atom is -0.409 e. The molecule has 3 N–H and O–H groups in total. The van der Waals surface area contributed by atoms with Crippen LogP contribution >= 0.6 is 7.82 Å². The molecule has 0 heterocycles. The molecule has 0 radical (unpaired) electrons. The minimum absolute atomic E-state index is 0.0393. The van der Waals surface area contributed by atoms with Gasteiger partial charge < -0.3 is 9.84 Å². The van der Waals surface area contributed by atoms with Gasteiger partial charge in [0.2, 0.25) is 0 Å². The Kier molecular flexibility index (Phi) is 7.09. The molecular formula is C11H20NO5P. The van der Waals surface area contributed by atoms with Crippen LogP contribution in [0.2, 0.25) is 0 Å². The Balaban J connectivity index is 4.55. The van der Waals surface area contributed by atoms with Crippen molar-refractivity contribution < 1.29 is 23.7 Å². The summed E-state index contributed by atoms with van der Waals surface area (Å²) in [5.74, 6) is 0.156. The summed E-state index contributed by atoms with van der Waals surface area (Å²) in [7, 11) is -2.79. The van der Waals surface area contributed by atoms with Crippen LogP contribution in [0.3, 0.4) is 0 Å². The molecule has 0 saturated heterocycles. The first-order valence-electron chi connectivity index (χ1n) is 5.42. The second-order valence-electron chi connectivity index (χ2n) is 4.03. The molecular weight excluding hydrogens is 257 g/mol. The van der Waals surface area contributed by atoms with Gasteiger partial charge in [0, 0.05) is 0 Å². The lowest BCUT2D eigenvalue weighted by Gasteiger charge is -2.12. The number of hydrogen-bond donors (Lipinski definition) is 3. The predicted molar refractivity (Wildman–Crippen MR) is 68.8 cm³/mol. The van der Waals surface area contributed by atoms with Crippen molar-refractivity contribution in [1.82, 2.24) is 5.32 Å². The average molecular weight is 277 g/mol. The van der Waals surface area contributed by atoms with Gasteiger partial charge in [-0.05, 0) is 40.3 Å². The molecule has 0 aromatic rings. The van der Waals surface area contributed by atoms with E-state index in [4.69, 9.17) is 9.79 Å². The first-order valence-corrected chi connectivity index (χ1v) is 6.95. The summed E-state index contributed by atoms with van der Waals surface area (Å²) in [5, 5.41) is 2.89. The van der Waals surface area contributed by atoms with Gasteiger partial charge in [-0.2, -0.15) is 0 Å². The molecule has 0 aromatic heterocycles. The van der Waals surface area contributed by atoms with Crippen molar-refractivity contribution in [1.29, 1.82) is 0 Å². The van der Waals surface area contributed by atoms with Crippen molar-refractivity contribution in [3.63, 3.8) is 0 Å². The summed E-state index contributed by atoms with van der Waals surface area (Å²) in [6.07, 6.45) is 3.66. The van der Waals surface area contributed by atoms with E-state index < -0.39 is 7.82 Å². The van der Waals surface area contributed by atoms with Crippen LogP contribution in [0, 0.1) is 0 Å². The van der Waals surface area contributed by atoms with E-state index in [2.05, 4.69) is 9.84 Å². The van der Waals surface area contributed by atoms with Gasteiger partial charge in [0.05, 0.1) is 6.04 Å². The molecule has 0 bridgehead atoms. The number of phosphoric ester groups is 1. The van der Waals surface area contributed by atoms with E-state index >= 15 is 0 Å². The number of hydrogen-bond acceptors (Lipinski definition) is 4. The van der Waals surface area contributed by atoms with Crippen LogP contribution in [0.4, 0.5) is 0 Å². The molecule has 0 aliphatic rings. The molecule has 0 rings (SSSR count). The number of likely N-dealkylation sites (N-methyl/N-ethyl adjacent to an activating group) is 1. The zero-order valence-electron chi connectivity index (χ0n) is 11.0. The third kappa shape index (κ3) is 8.20. The summed E-state index contributed by atoms with van der Waals surface area (Å²) >= 11 is 0. The maximum atomic E-state index is 11.2. The lowest BCUT2D eigenvalue weighted by molar-refractivity contribution is -0.118. The highest BCUT2D eigenvalue weighted by atomic mass is 31.2. The number of carbonyl (C=O) groups excluding carboxylic acids is 1. The maximum Gasteiger partial charge on any atom is 0.524 e. The summed E-state index contributed by atoms with van der Waals surface area (Å²) in [5.41, 5.74) is 0.901. The van der Waals surface area contributed by atoms with E-state index in [1.165, 1.54) is 19.9 Å². The smallest absolute Gasteiger partial charge is 0.409 e. The molecule has 104 valence electrons. The summed E-state index contributed by atoms with van der Waals surface area (Å²) in [6, 6.07) is -0.252.